The maximum Gasteiger partial charge on any atom is 0.349 e. The monoisotopic (exact) mass is 467 g/mol. The fourth-order valence-corrected chi connectivity index (χ4v) is 7.21. The Hall–Kier alpha value is -2.21. The summed E-state index contributed by atoms with van der Waals surface area (Å²) in [5.41, 5.74) is 0.377. The molecule has 3 heterocycles. The lowest BCUT2D eigenvalue weighted by Gasteiger charge is -2.30. The molecule has 1 saturated heterocycles. The van der Waals surface area contributed by atoms with Gasteiger partial charge in [0.25, 0.3) is 0 Å². The van der Waals surface area contributed by atoms with Crippen LogP contribution >= 0.6 is 22.7 Å². The molecule has 0 saturated carbocycles. The highest BCUT2D eigenvalue weighted by Gasteiger charge is 2.35. The number of nitrogens with zero attached hydrogens (tertiary/aromatic N) is 3. The van der Waals surface area contributed by atoms with Crippen LogP contribution in [0.1, 0.15) is 33.4 Å². The Bertz CT molecular complexity index is 1180. The number of esters is 1. The highest BCUT2D eigenvalue weighted by atomic mass is 32.2. The van der Waals surface area contributed by atoms with Crippen molar-refractivity contribution in [3.63, 3.8) is 0 Å². The highest BCUT2D eigenvalue weighted by molar-refractivity contribution is 7.89. The Morgan fingerprint density at radius 1 is 1.27 bits per heavy atom. The number of aromatic nitrogens is 2. The Morgan fingerprint density at radius 2 is 2.07 bits per heavy atom. The molecule has 0 aliphatic carbocycles. The number of methoxy groups -OCH3 is 1. The molecule has 1 unspecified atom stereocenters. The SMILES string of the molecule is COC(=O)c1sccc1S(=O)(=O)N1CCCC(c2nnc(-c3ccccc3F)s2)C1. The number of ether oxygens (including phenoxy) is 1. The van der Waals surface area contributed by atoms with Gasteiger partial charge in [-0.15, -0.1) is 21.5 Å². The Labute approximate surface area is 181 Å². The maximum absolute atomic E-state index is 14.0. The van der Waals surface area contributed by atoms with Crippen LogP contribution in [0.4, 0.5) is 4.39 Å². The van der Waals surface area contributed by atoms with Gasteiger partial charge in [-0.1, -0.05) is 23.5 Å². The first-order valence-electron chi connectivity index (χ1n) is 9.16. The average molecular weight is 468 g/mol. The standard InChI is InChI=1S/C19H18FN3O4S3/c1-27-19(24)16-15(8-10-28-16)30(25,26)23-9-4-5-12(11-23)17-21-22-18(29-17)13-6-2-3-7-14(13)20/h2-3,6-8,10,12H,4-5,9,11H2,1H3. The van der Waals surface area contributed by atoms with Crippen molar-refractivity contribution in [1.82, 2.24) is 14.5 Å². The van der Waals surface area contributed by atoms with Crippen molar-refractivity contribution in [2.75, 3.05) is 20.2 Å². The summed E-state index contributed by atoms with van der Waals surface area (Å²) in [7, 11) is -2.64. The highest BCUT2D eigenvalue weighted by Crippen LogP contribution is 2.36. The third-order valence-corrected chi connectivity index (χ3v) is 8.95. The van der Waals surface area contributed by atoms with Gasteiger partial charge in [-0.3, -0.25) is 0 Å². The fourth-order valence-electron chi connectivity index (χ4n) is 3.39. The van der Waals surface area contributed by atoms with Crippen molar-refractivity contribution in [3.05, 3.63) is 51.4 Å². The second-order valence-corrected chi connectivity index (χ2v) is 10.6. The summed E-state index contributed by atoms with van der Waals surface area (Å²) in [6.45, 7) is 0.582. The Kier molecular flexibility index (Phi) is 5.96. The molecule has 0 radical (unpaired) electrons. The van der Waals surface area contributed by atoms with E-state index in [9.17, 15) is 17.6 Å². The van der Waals surface area contributed by atoms with Crippen molar-refractivity contribution >= 4 is 38.7 Å². The summed E-state index contributed by atoms with van der Waals surface area (Å²) in [6, 6.07) is 7.77. The van der Waals surface area contributed by atoms with Crippen LogP contribution in [0.15, 0.2) is 40.6 Å². The average Bonchev–Trinajstić information content (AvgIpc) is 3.44. The third-order valence-electron chi connectivity index (χ3n) is 4.90. The lowest BCUT2D eigenvalue weighted by molar-refractivity contribution is 0.0602. The third kappa shape index (κ3) is 3.89. The Morgan fingerprint density at radius 3 is 2.83 bits per heavy atom. The van der Waals surface area contributed by atoms with Gasteiger partial charge in [0.2, 0.25) is 10.0 Å². The lowest BCUT2D eigenvalue weighted by atomic mass is 10.0. The molecule has 0 amide bonds. The number of piperidine rings is 1. The molecule has 1 aromatic carbocycles. The van der Waals surface area contributed by atoms with Crippen LogP contribution in [0.3, 0.4) is 0 Å². The smallest absolute Gasteiger partial charge is 0.349 e. The molecule has 1 aliphatic rings. The number of hydrogen-bond donors (Lipinski definition) is 0. The van der Waals surface area contributed by atoms with Gasteiger partial charge in [-0.2, -0.15) is 4.31 Å². The van der Waals surface area contributed by atoms with E-state index < -0.39 is 16.0 Å². The molecule has 4 rings (SSSR count). The number of carbonyl (C=O) groups is 1. The summed E-state index contributed by atoms with van der Waals surface area (Å²) in [4.78, 5) is 12.0. The van der Waals surface area contributed by atoms with E-state index in [-0.39, 0.29) is 28.1 Å². The molecule has 158 valence electrons. The molecule has 30 heavy (non-hydrogen) atoms. The maximum atomic E-state index is 14.0. The number of thiophene rings is 1. The van der Waals surface area contributed by atoms with Crippen LogP contribution in [0.2, 0.25) is 0 Å². The predicted molar refractivity (Wildman–Crippen MR) is 112 cm³/mol. The zero-order chi connectivity index (χ0) is 21.3. The molecule has 7 nitrogen and oxygen atoms in total. The van der Waals surface area contributed by atoms with Gasteiger partial charge >= 0.3 is 5.97 Å². The predicted octanol–water partition coefficient (Wildman–Crippen LogP) is 3.76. The topological polar surface area (TPSA) is 89.5 Å². The number of rotatable bonds is 5. The molecule has 1 atom stereocenters. The molecule has 2 aromatic heterocycles. The first kappa shape index (κ1) is 21.0. The van der Waals surface area contributed by atoms with Gasteiger partial charge in [-0.25, -0.2) is 17.6 Å². The van der Waals surface area contributed by atoms with Crippen molar-refractivity contribution in [3.8, 4) is 10.6 Å². The molecule has 3 aromatic rings. The van der Waals surface area contributed by atoms with E-state index >= 15 is 0 Å². The van der Waals surface area contributed by atoms with E-state index in [1.807, 2.05) is 0 Å². The first-order valence-corrected chi connectivity index (χ1v) is 12.3. The second kappa shape index (κ2) is 8.50. The normalized spacial score (nSPS) is 17.7. The van der Waals surface area contributed by atoms with Crippen LogP contribution < -0.4 is 0 Å². The van der Waals surface area contributed by atoms with Crippen molar-refractivity contribution in [2.45, 2.75) is 23.7 Å². The van der Waals surface area contributed by atoms with Crippen LogP contribution in [0.5, 0.6) is 0 Å². The number of sulfonamides is 1. The largest absolute Gasteiger partial charge is 0.465 e. The number of hydrogen-bond acceptors (Lipinski definition) is 8. The number of carbonyl (C=O) groups excluding carboxylic acids is 1. The molecule has 0 bridgehead atoms. The molecule has 1 fully saturated rings. The first-order chi connectivity index (χ1) is 14.4. The zero-order valence-electron chi connectivity index (χ0n) is 15.9. The molecule has 11 heteroatoms. The summed E-state index contributed by atoms with van der Waals surface area (Å²) in [5, 5.41) is 11.0. The lowest BCUT2D eigenvalue weighted by Crippen LogP contribution is -2.39. The summed E-state index contributed by atoms with van der Waals surface area (Å²) in [5.74, 6) is -1.19. The fraction of sp³-hybridized carbons (Fsp3) is 0.316. The van der Waals surface area contributed by atoms with Crippen LogP contribution in [-0.2, 0) is 14.8 Å². The van der Waals surface area contributed by atoms with Gasteiger partial charge in [0.1, 0.15) is 20.6 Å². The minimum atomic E-state index is -3.86. The van der Waals surface area contributed by atoms with E-state index in [0.717, 1.165) is 17.8 Å². The van der Waals surface area contributed by atoms with Crippen molar-refractivity contribution < 1.29 is 22.3 Å². The van der Waals surface area contributed by atoms with Gasteiger partial charge in [-0.05, 0) is 36.4 Å². The second-order valence-electron chi connectivity index (χ2n) is 6.73. The summed E-state index contributed by atoms with van der Waals surface area (Å²) < 4.78 is 46.5. The van der Waals surface area contributed by atoms with Gasteiger partial charge in [0.15, 0.2) is 5.01 Å². The summed E-state index contributed by atoms with van der Waals surface area (Å²) in [6.07, 6.45) is 1.40. The van der Waals surface area contributed by atoms with Crippen LogP contribution in [-0.4, -0.2) is 49.1 Å². The molecule has 0 spiro atoms. The summed E-state index contributed by atoms with van der Waals surface area (Å²) >= 11 is 2.31. The minimum Gasteiger partial charge on any atom is -0.465 e. The van der Waals surface area contributed by atoms with Crippen LogP contribution in [0.25, 0.3) is 10.6 Å². The van der Waals surface area contributed by atoms with Crippen molar-refractivity contribution in [2.24, 2.45) is 0 Å². The molecule has 1 aliphatic heterocycles. The van der Waals surface area contributed by atoms with Crippen molar-refractivity contribution in [1.29, 1.82) is 0 Å². The quantitative estimate of drug-likeness (QED) is 0.531. The van der Waals surface area contributed by atoms with E-state index in [0.29, 0.717) is 28.5 Å². The Balaban J connectivity index is 1.58. The number of halogens is 1. The van der Waals surface area contributed by atoms with E-state index in [4.69, 9.17) is 4.74 Å². The number of benzene rings is 1. The molecular weight excluding hydrogens is 449 g/mol. The van der Waals surface area contributed by atoms with Gasteiger partial charge in [0.05, 0.1) is 7.11 Å². The van der Waals surface area contributed by atoms with E-state index in [2.05, 4.69) is 10.2 Å². The van der Waals surface area contributed by atoms with E-state index in [1.54, 1.807) is 23.6 Å². The van der Waals surface area contributed by atoms with Gasteiger partial charge in [0, 0.05) is 24.6 Å². The van der Waals surface area contributed by atoms with E-state index in [1.165, 1.54) is 34.9 Å². The van der Waals surface area contributed by atoms with Crippen LogP contribution in [0, 0.1) is 5.82 Å². The molecule has 0 N–H and O–H groups in total. The minimum absolute atomic E-state index is 0.0377. The molecular formula is C19H18FN3O4S3. The van der Waals surface area contributed by atoms with Gasteiger partial charge < -0.3 is 4.74 Å². The zero-order valence-corrected chi connectivity index (χ0v) is 18.4.